The summed E-state index contributed by atoms with van der Waals surface area (Å²) in [4.78, 5) is 4.12. The molecule has 0 saturated carbocycles. The van der Waals surface area contributed by atoms with Gasteiger partial charge in [0, 0.05) is 6.54 Å². The number of halogens is 2. The van der Waals surface area contributed by atoms with E-state index in [1.807, 2.05) is 0 Å². The van der Waals surface area contributed by atoms with E-state index >= 15 is 0 Å². The summed E-state index contributed by atoms with van der Waals surface area (Å²) in [5, 5.41) is 13.1. The molecule has 1 aromatic carbocycles. The number of rotatable bonds is 7. The molecule has 0 unspecified atom stereocenters. The Kier molecular flexibility index (Phi) is 5.36. The van der Waals surface area contributed by atoms with Crippen LogP contribution < -0.4 is 10.6 Å². The normalized spacial score (nSPS) is 10.4. The molecule has 0 saturated heterocycles. The highest BCUT2D eigenvalue weighted by atomic mass is 19.1. The maximum atomic E-state index is 13.5. The lowest BCUT2D eigenvalue weighted by Gasteiger charge is -2.08. The molecular weight excluding hydrogens is 276 g/mol. The Labute approximate surface area is 121 Å². The highest BCUT2D eigenvalue weighted by Crippen LogP contribution is 2.21. The van der Waals surface area contributed by atoms with Crippen LogP contribution in [0.2, 0.25) is 0 Å². The Morgan fingerprint density at radius 1 is 1.14 bits per heavy atom. The second kappa shape index (κ2) is 7.47. The van der Waals surface area contributed by atoms with Gasteiger partial charge in [-0.2, -0.15) is 10.1 Å². The average Bonchev–Trinajstić information content (AvgIpc) is 2.48. The first-order valence-corrected chi connectivity index (χ1v) is 6.85. The number of hydrogen-bond donors (Lipinski definition) is 2. The largest absolute Gasteiger partial charge is 0.369 e. The zero-order chi connectivity index (χ0) is 15.1. The van der Waals surface area contributed by atoms with Gasteiger partial charge in [0.25, 0.3) is 0 Å². The third-order valence-corrected chi connectivity index (χ3v) is 2.84. The molecular formula is C14H17F2N5. The third-order valence-electron chi connectivity index (χ3n) is 2.84. The summed E-state index contributed by atoms with van der Waals surface area (Å²) in [6, 6.07) is 3.61. The van der Waals surface area contributed by atoms with Crippen molar-refractivity contribution in [3.05, 3.63) is 36.0 Å². The summed E-state index contributed by atoms with van der Waals surface area (Å²) in [7, 11) is 0. The summed E-state index contributed by atoms with van der Waals surface area (Å²) >= 11 is 0. The topological polar surface area (TPSA) is 62.7 Å². The van der Waals surface area contributed by atoms with E-state index in [9.17, 15) is 8.78 Å². The molecule has 0 atom stereocenters. The highest BCUT2D eigenvalue weighted by molar-refractivity contribution is 5.55. The third kappa shape index (κ3) is 4.34. The van der Waals surface area contributed by atoms with Crippen LogP contribution in [0.4, 0.5) is 26.2 Å². The van der Waals surface area contributed by atoms with Crippen molar-refractivity contribution in [2.45, 2.75) is 26.2 Å². The maximum absolute atomic E-state index is 13.5. The molecule has 0 radical (unpaired) electrons. The van der Waals surface area contributed by atoms with Crippen LogP contribution in [-0.2, 0) is 0 Å². The average molecular weight is 293 g/mol. The zero-order valence-corrected chi connectivity index (χ0v) is 11.7. The molecule has 0 spiro atoms. The molecule has 0 bridgehead atoms. The first-order chi connectivity index (χ1) is 10.2. The molecule has 1 heterocycles. The molecule has 1 aromatic heterocycles. The van der Waals surface area contributed by atoms with E-state index in [4.69, 9.17) is 0 Å². The van der Waals surface area contributed by atoms with Crippen molar-refractivity contribution in [3.8, 4) is 0 Å². The summed E-state index contributed by atoms with van der Waals surface area (Å²) in [5.41, 5.74) is -0.289. The molecule has 112 valence electrons. The van der Waals surface area contributed by atoms with Gasteiger partial charge in [-0.1, -0.05) is 25.8 Å². The van der Waals surface area contributed by atoms with Gasteiger partial charge in [-0.05, 0) is 18.6 Å². The van der Waals surface area contributed by atoms with E-state index in [0.717, 1.165) is 37.9 Å². The van der Waals surface area contributed by atoms with Crippen molar-refractivity contribution in [1.82, 2.24) is 15.2 Å². The van der Waals surface area contributed by atoms with Gasteiger partial charge in [-0.15, -0.1) is 5.10 Å². The second-order valence-corrected chi connectivity index (χ2v) is 4.52. The fourth-order valence-electron chi connectivity index (χ4n) is 1.76. The number of unbranched alkanes of at least 4 members (excludes halogenated alkanes) is 2. The van der Waals surface area contributed by atoms with Gasteiger partial charge < -0.3 is 10.6 Å². The number of aromatic nitrogens is 3. The standard InChI is InChI=1S/C14H17F2N5/c1-2-3-4-8-17-12-9-18-21-14(19-12)20-13-10(15)6-5-7-11(13)16/h5-7,9H,2-4,8H2,1H3,(H2,17,19,20,21). The Morgan fingerprint density at radius 3 is 2.62 bits per heavy atom. The SMILES string of the molecule is CCCCCNc1cnnc(Nc2c(F)cccc2F)n1. The minimum Gasteiger partial charge on any atom is -0.369 e. The number of para-hydroxylation sites is 1. The molecule has 0 aliphatic rings. The van der Waals surface area contributed by atoms with Gasteiger partial charge in [0.1, 0.15) is 17.3 Å². The van der Waals surface area contributed by atoms with E-state index in [1.54, 1.807) is 0 Å². The molecule has 0 aliphatic heterocycles. The van der Waals surface area contributed by atoms with Crippen molar-refractivity contribution in [2.75, 3.05) is 17.2 Å². The molecule has 2 aromatic rings. The fraction of sp³-hybridized carbons (Fsp3) is 0.357. The van der Waals surface area contributed by atoms with Crippen LogP contribution in [0.15, 0.2) is 24.4 Å². The number of nitrogens with one attached hydrogen (secondary N) is 2. The first-order valence-electron chi connectivity index (χ1n) is 6.85. The van der Waals surface area contributed by atoms with Gasteiger partial charge in [0.2, 0.25) is 5.95 Å². The van der Waals surface area contributed by atoms with Crippen molar-refractivity contribution < 1.29 is 8.78 Å². The van der Waals surface area contributed by atoms with E-state index in [-0.39, 0.29) is 11.6 Å². The Bertz CT molecular complexity index is 571. The molecule has 0 aliphatic carbocycles. The van der Waals surface area contributed by atoms with E-state index < -0.39 is 11.6 Å². The minimum absolute atomic E-state index is 0.0412. The molecule has 7 heteroatoms. The summed E-state index contributed by atoms with van der Waals surface area (Å²) < 4.78 is 27.1. The molecule has 0 fully saturated rings. The Balaban J connectivity index is 2.04. The lowest BCUT2D eigenvalue weighted by molar-refractivity contribution is 0.590. The monoisotopic (exact) mass is 293 g/mol. The van der Waals surface area contributed by atoms with Crippen molar-refractivity contribution in [2.24, 2.45) is 0 Å². The molecule has 2 rings (SSSR count). The van der Waals surface area contributed by atoms with Gasteiger partial charge in [0.15, 0.2) is 5.82 Å². The summed E-state index contributed by atoms with van der Waals surface area (Å²) in [5.74, 6) is -0.861. The highest BCUT2D eigenvalue weighted by Gasteiger charge is 2.10. The molecule has 2 N–H and O–H groups in total. The summed E-state index contributed by atoms with van der Waals surface area (Å²) in [6.07, 6.45) is 4.74. The number of hydrogen-bond acceptors (Lipinski definition) is 5. The number of benzene rings is 1. The Morgan fingerprint density at radius 2 is 1.90 bits per heavy atom. The van der Waals surface area contributed by atoms with Crippen LogP contribution in [0.1, 0.15) is 26.2 Å². The number of anilines is 3. The minimum atomic E-state index is -0.708. The van der Waals surface area contributed by atoms with Gasteiger partial charge in [0.05, 0.1) is 6.20 Å². The van der Waals surface area contributed by atoms with E-state index in [0.29, 0.717) is 5.82 Å². The maximum Gasteiger partial charge on any atom is 0.249 e. The predicted octanol–water partition coefficient (Wildman–Crippen LogP) is 3.50. The van der Waals surface area contributed by atoms with Gasteiger partial charge >= 0.3 is 0 Å². The van der Waals surface area contributed by atoms with Gasteiger partial charge in [-0.25, -0.2) is 8.78 Å². The van der Waals surface area contributed by atoms with Crippen LogP contribution in [0.5, 0.6) is 0 Å². The van der Waals surface area contributed by atoms with Crippen molar-refractivity contribution in [1.29, 1.82) is 0 Å². The Hall–Kier alpha value is -2.31. The van der Waals surface area contributed by atoms with Crippen molar-refractivity contribution >= 4 is 17.5 Å². The van der Waals surface area contributed by atoms with Crippen LogP contribution in [0, 0.1) is 11.6 Å². The predicted molar refractivity (Wildman–Crippen MR) is 77.5 cm³/mol. The lowest BCUT2D eigenvalue weighted by atomic mass is 10.2. The second-order valence-electron chi connectivity index (χ2n) is 4.52. The van der Waals surface area contributed by atoms with E-state index in [2.05, 4.69) is 32.7 Å². The van der Waals surface area contributed by atoms with Crippen molar-refractivity contribution in [3.63, 3.8) is 0 Å². The lowest BCUT2D eigenvalue weighted by Crippen LogP contribution is -2.08. The van der Waals surface area contributed by atoms with Crippen LogP contribution in [0.25, 0.3) is 0 Å². The smallest absolute Gasteiger partial charge is 0.249 e. The fourth-order valence-corrected chi connectivity index (χ4v) is 1.76. The molecule has 21 heavy (non-hydrogen) atoms. The summed E-state index contributed by atoms with van der Waals surface area (Å²) in [6.45, 7) is 2.89. The quantitative estimate of drug-likeness (QED) is 0.765. The van der Waals surface area contributed by atoms with E-state index in [1.165, 1.54) is 12.3 Å². The molecule has 0 amide bonds. The van der Waals surface area contributed by atoms with Crippen LogP contribution >= 0.6 is 0 Å². The zero-order valence-electron chi connectivity index (χ0n) is 11.7. The number of nitrogens with zero attached hydrogens (tertiary/aromatic N) is 3. The van der Waals surface area contributed by atoms with Gasteiger partial charge in [-0.3, -0.25) is 0 Å². The first kappa shape index (κ1) is 15.1. The van der Waals surface area contributed by atoms with Crippen LogP contribution in [0.3, 0.4) is 0 Å². The molecule has 5 nitrogen and oxygen atoms in total. The van der Waals surface area contributed by atoms with Crippen LogP contribution in [-0.4, -0.2) is 21.7 Å².